The molecule has 39 heavy (non-hydrogen) atoms. The fourth-order valence-electron chi connectivity index (χ4n) is 4.81. The lowest BCUT2D eigenvalue weighted by Gasteiger charge is -2.22. The summed E-state index contributed by atoms with van der Waals surface area (Å²) >= 11 is 0. The summed E-state index contributed by atoms with van der Waals surface area (Å²) in [6.45, 7) is 17.2. The van der Waals surface area contributed by atoms with E-state index < -0.39 is 0 Å². The van der Waals surface area contributed by atoms with Crippen molar-refractivity contribution in [3.63, 3.8) is 0 Å². The highest BCUT2D eigenvalue weighted by molar-refractivity contribution is 5.95. The maximum absolute atomic E-state index is 9.25. The van der Waals surface area contributed by atoms with Crippen LogP contribution in [-0.4, -0.2) is 21.0 Å². The van der Waals surface area contributed by atoms with Gasteiger partial charge in [0.15, 0.2) is 0 Å². The van der Waals surface area contributed by atoms with Crippen LogP contribution in [0.3, 0.4) is 0 Å². The fraction of sp³-hybridized carbons (Fsp3) is 0.375. The van der Waals surface area contributed by atoms with Gasteiger partial charge < -0.3 is 9.78 Å². The second kappa shape index (κ2) is 14.8. The SMILES string of the molecule is CC(C)c1c(OO)c(OO)c2ccccc2c1C(C)C.CC(C)c1ccc2cc(C(C)C)ccc2c1.OOO. The van der Waals surface area contributed by atoms with Gasteiger partial charge in [0.2, 0.25) is 11.5 Å². The van der Waals surface area contributed by atoms with Gasteiger partial charge in [0.1, 0.15) is 0 Å². The number of fused-ring (bicyclic) bond motifs is 2. The first-order chi connectivity index (χ1) is 18.5. The normalized spacial score (nSPS) is 11.1. The Hall–Kier alpha value is -3.20. The van der Waals surface area contributed by atoms with Crippen LogP contribution in [0.5, 0.6) is 11.5 Å². The third-order valence-corrected chi connectivity index (χ3v) is 6.76. The maximum atomic E-state index is 9.25. The van der Waals surface area contributed by atoms with Crippen molar-refractivity contribution in [1.82, 2.24) is 0 Å². The first-order valence-electron chi connectivity index (χ1n) is 13.2. The Bertz CT molecular complexity index is 1300. The lowest BCUT2D eigenvalue weighted by Crippen LogP contribution is -2.06. The van der Waals surface area contributed by atoms with Crippen molar-refractivity contribution in [3.05, 3.63) is 82.9 Å². The Balaban J connectivity index is 0.000000253. The van der Waals surface area contributed by atoms with Crippen LogP contribution in [0.4, 0.5) is 0 Å². The predicted molar refractivity (Wildman–Crippen MR) is 157 cm³/mol. The average molecular weight is 539 g/mol. The van der Waals surface area contributed by atoms with Gasteiger partial charge in [-0.3, -0.25) is 0 Å². The van der Waals surface area contributed by atoms with Crippen LogP contribution in [0.2, 0.25) is 0 Å². The summed E-state index contributed by atoms with van der Waals surface area (Å²) in [5.41, 5.74) is 4.79. The van der Waals surface area contributed by atoms with E-state index in [0.717, 1.165) is 16.5 Å². The van der Waals surface area contributed by atoms with Crippen LogP contribution >= 0.6 is 0 Å². The molecule has 0 heterocycles. The van der Waals surface area contributed by atoms with Crippen molar-refractivity contribution in [2.75, 3.05) is 0 Å². The molecule has 7 nitrogen and oxygen atoms in total. The molecule has 0 aromatic heterocycles. The van der Waals surface area contributed by atoms with Crippen molar-refractivity contribution < 1.29 is 35.8 Å². The molecule has 0 unspecified atom stereocenters. The van der Waals surface area contributed by atoms with Crippen molar-refractivity contribution in [3.8, 4) is 11.5 Å². The molecule has 0 spiro atoms. The molecule has 4 N–H and O–H groups in total. The molecule has 0 bridgehead atoms. The highest BCUT2D eigenvalue weighted by Gasteiger charge is 2.25. The molecule has 4 aromatic carbocycles. The van der Waals surface area contributed by atoms with E-state index in [0.29, 0.717) is 17.2 Å². The smallest absolute Gasteiger partial charge is 0.219 e. The molecular weight excluding hydrogens is 496 g/mol. The van der Waals surface area contributed by atoms with Gasteiger partial charge in [0.25, 0.3) is 0 Å². The summed E-state index contributed by atoms with van der Waals surface area (Å²) in [6, 6.07) is 21.2. The minimum absolute atomic E-state index is 0.119. The van der Waals surface area contributed by atoms with Gasteiger partial charge in [-0.2, -0.15) is 0 Å². The monoisotopic (exact) mass is 538 g/mol. The summed E-state index contributed by atoms with van der Waals surface area (Å²) in [5, 5.41) is 38.4. The second-order valence-electron chi connectivity index (χ2n) is 10.8. The Morgan fingerprint density at radius 2 is 0.897 bits per heavy atom. The zero-order valence-electron chi connectivity index (χ0n) is 24.1. The lowest BCUT2D eigenvalue weighted by molar-refractivity contribution is -0.465. The molecule has 0 saturated carbocycles. The first kappa shape index (κ1) is 32.0. The van der Waals surface area contributed by atoms with E-state index in [1.54, 1.807) is 0 Å². The van der Waals surface area contributed by atoms with Crippen molar-refractivity contribution >= 4 is 21.5 Å². The Labute approximate surface area is 230 Å². The zero-order valence-corrected chi connectivity index (χ0v) is 24.1. The van der Waals surface area contributed by atoms with Crippen LogP contribution in [0.15, 0.2) is 60.7 Å². The third-order valence-electron chi connectivity index (χ3n) is 6.76. The van der Waals surface area contributed by atoms with Crippen LogP contribution in [-0.2, 0) is 5.04 Å². The van der Waals surface area contributed by atoms with Crippen LogP contribution < -0.4 is 9.78 Å². The summed E-state index contributed by atoms with van der Waals surface area (Å²) in [7, 11) is 0. The van der Waals surface area contributed by atoms with Crippen LogP contribution in [0, 0.1) is 0 Å². The Kier molecular flexibility index (Phi) is 12.2. The van der Waals surface area contributed by atoms with Gasteiger partial charge in [0, 0.05) is 10.9 Å². The molecule has 0 aliphatic carbocycles. The highest BCUT2D eigenvalue weighted by atomic mass is 17.4. The largest absolute Gasteiger partial charge is 0.336 e. The maximum Gasteiger partial charge on any atom is 0.219 e. The van der Waals surface area contributed by atoms with E-state index in [2.05, 4.69) is 92.8 Å². The summed E-state index contributed by atoms with van der Waals surface area (Å²) in [4.78, 5) is 9.03. The Morgan fingerprint density at radius 3 is 1.26 bits per heavy atom. The van der Waals surface area contributed by atoms with Gasteiger partial charge in [0.05, 0.1) is 0 Å². The minimum atomic E-state index is 0.119. The van der Waals surface area contributed by atoms with Crippen molar-refractivity contribution in [1.29, 1.82) is 0 Å². The average Bonchev–Trinajstić information content (AvgIpc) is 2.91. The molecule has 7 heteroatoms. The van der Waals surface area contributed by atoms with Crippen molar-refractivity contribution in [2.45, 2.75) is 79.1 Å². The number of hydrogen-bond acceptors (Lipinski definition) is 7. The second-order valence-corrected chi connectivity index (χ2v) is 10.8. The quantitative estimate of drug-likeness (QED) is 0.143. The topological polar surface area (TPSA) is 109 Å². The summed E-state index contributed by atoms with van der Waals surface area (Å²) in [5.74, 6) is 1.91. The van der Waals surface area contributed by atoms with E-state index in [9.17, 15) is 10.5 Å². The molecular formula is C32H42O7. The van der Waals surface area contributed by atoms with Crippen LogP contribution in [0.1, 0.15) is 101 Å². The molecule has 0 amide bonds. The molecule has 0 aliphatic heterocycles. The third kappa shape index (κ3) is 7.68. The van der Waals surface area contributed by atoms with E-state index >= 15 is 0 Å². The number of benzene rings is 4. The van der Waals surface area contributed by atoms with Gasteiger partial charge in [-0.15, -0.1) is 0 Å². The molecule has 212 valence electrons. The molecule has 0 radical (unpaired) electrons. The van der Waals surface area contributed by atoms with E-state index in [1.165, 1.54) is 21.9 Å². The number of rotatable bonds is 6. The van der Waals surface area contributed by atoms with Crippen molar-refractivity contribution in [2.24, 2.45) is 0 Å². The fourth-order valence-corrected chi connectivity index (χ4v) is 4.81. The molecule has 4 aromatic rings. The minimum Gasteiger partial charge on any atom is -0.336 e. The van der Waals surface area contributed by atoms with E-state index in [-0.39, 0.29) is 23.3 Å². The van der Waals surface area contributed by atoms with Gasteiger partial charge in [-0.25, -0.2) is 21.0 Å². The highest BCUT2D eigenvalue weighted by Crippen LogP contribution is 2.46. The van der Waals surface area contributed by atoms with Gasteiger partial charge in [-0.05, 0) is 56.5 Å². The standard InChI is InChI=1S/C16H20O4.C16H20.H2O3/c1-9(2)13-11-7-5-6-8-12(11)15(19-17)16(20-18)14(13)10(3)4;1-11(2)13-5-7-16-10-14(12(3)4)6-8-15(16)9-13;1-3-2/h5-10,17-18H,1-4H3;5-12H,1-4H3;1-2H. The summed E-state index contributed by atoms with van der Waals surface area (Å²) < 4.78 is 0. The Morgan fingerprint density at radius 1 is 0.487 bits per heavy atom. The predicted octanol–water partition coefficient (Wildman–Crippen LogP) is 9.83. The van der Waals surface area contributed by atoms with Gasteiger partial charge >= 0.3 is 0 Å². The van der Waals surface area contributed by atoms with E-state index in [1.807, 2.05) is 38.1 Å². The zero-order chi connectivity index (χ0) is 29.3. The molecule has 0 aliphatic rings. The lowest BCUT2D eigenvalue weighted by atomic mass is 9.85. The van der Waals surface area contributed by atoms with E-state index in [4.69, 9.17) is 10.5 Å². The van der Waals surface area contributed by atoms with Crippen LogP contribution in [0.25, 0.3) is 21.5 Å². The molecule has 0 atom stereocenters. The molecule has 0 fully saturated rings. The molecule has 4 rings (SSSR count). The van der Waals surface area contributed by atoms with Gasteiger partial charge in [-0.1, -0.05) is 121 Å². The summed E-state index contributed by atoms with van der Waals surface area (Å²) in [6.07, 6.45) is 0. The molecule has 0 saturated heterocycles. The number of hydrogen-bond donors (Lipinski definition) is 4. The first-order valence-corrected chi connectivity index (χ1v) is 13.2.